The van der Waals surface area contributed by atoms with Crippen molar-refractivity contribution in [2.75, 3.05) is 20.6 Å². The molecule has 1 fully saturated rings. The lowest BCUT2D eigenvalue weighted by Crippen LogP contribution is -2.26. The predicted octanol–water partition coefficient (Wildman–Crippen LogP) is 2.95. The number of rotatable bonds is 5. The summed E-state index contributed by atoms with van der Waals surface area (Å²) in [5, 5.41) is 15.9. The lowest BCUT2D eigenvalue weighted by Gasteiger charge is -2.35. The second kappa shape index (κ2) is 7.39. The average molecular weight is 350 g/mol. The number of aliphatic hydroxyl groups is 1. The lowest BCUT2D eigenvalue weighted by molar-refractivity contribution is -0.0928. The number of phenols is 1. The number of benzene rings is 2. The standard InChI is InChI=1S/C18H21O5P/c1-21-14-8-12(9-15(22-2)18(14)20)16-10-17(19)23-11-24(16)13-6-4-3-5-7-13/h3-9,16-17,19-20H,10-11H2,1-2H3/i10D,19D. The highest BCUT2D eigenvalue weighted by Crippen LogP contribution is 2.57. The first-order valence-electron chi connectivity index (χ1n) is 8.51. The highest BCUT2D eigenvalue weighted by atomic mass is 31.1. The number of phenolic OH excluding ortho intramolecular Hbond substituents is 1. The van der Waals surface area contributed by atoms with Crippen LogP contribution in [0.5, 0.6) is 17.2 Å². The van der Waals surface area contributed by atoms with Gasteiger partial charge in [0, 0.05) is 13.4 Å². The Morgan fingerprint density at radius 2 is 1.88 bits per heavy atom. The van der Waals surface area contributed by atoms with Crippen LogP contribution in [-0.4, -0.2) is 38.5 Å². The van der Waals surface area contributed by atoms with Gasteiger partial charge in [0.25, 0.3) is 0 Å². The number of aliphatic hydroxyl groups excluding tert-OH is 1. The van der Waals surface area contributed by atoms with Crippen LogP contribution in [0.15, 0.2) is 42.5 Å². The summed E-state index contributed by atoms with van der Waals surface area (Å²) in [5.41, 5.74) is 0.525. The van der Waals surface area contributed by atoms with Crippen molar-refractivity contribution in [3.8, 4) is 17.2 Å². The van der Waals surface area contributed by atoms with Gasteiger partial charge in [-0.25, -0.2) is 0 Å². The van der Waals surface area contributed by atoms with Gasteiger partial charge in [0.2, 0.25) is 7.18 Å². The third kappa shape index (κ3) is 3.34. The van der Waals surface area contributed by atoms with Crippen LogP contribution in [0.4, 0.5) is 0 Å². The Morgan fingerprint density at radius 3 is 2.46 bits per heavy atom. The maximum absolute atomic E-state index is 10.2. The molecule has 24 heavy (non-hydrogen) atoms. The normalized spacial score (nSPS) is 27.9. The quantitative estimate of drug-likeness (QED) is 0.812. The topological polar surface area (TPSA) is 68.2 Å². The van der Waals surface area contributed by atoms with Gasteiger partial charge >= 0.3 is 0 Å². The molecule has 128 valence electrons. The highest BCUT2D eigenvalue weighted by molar-refractivity contribution is 7.65. The summed E-state index contributed by atoms with van der Waals surface area (Å²) in [6.45, 7) is 0. The Kier molecular flexibility index (Phi) is 4.47. The molecule has 0 saturated carbocycles. The third-order valence-electron chi connectivity index (χ3n) is 3.98. The smallest absolute Gasteiger partial charge is 0.213 e. The van der Waals surface area contributed by atoms with Gasteiger partial charge in [0.1, 0.15) is 0 Å². The van der Waals surface area contributed by atoms with Crippen molar-refractivity contribution < 1.29 is 25.8 Å². The Balaban J connectivity index is 2.09. The molecule has 2 N–H and O–H groups in total. The molecule has 1 aliphatic heterocycles. The second-order valence-electron chi connectivity index (χ2n) is 5.38. The summed E-state index contributed by atoms with van der Waals surface area (Å²) in [4.78, 5) is 0. The van der Waals surface area contributed by atoms with Crippen LogP contribution < -0.4 is 14.8 Å². The molecule has 2 aromatic carbocycles. The number of hydrogen-bond donors (Lipinski definition) is 2. The van der Waals surface area contributed by atoms with E-state index in [-0.39, 0.29) is 22.9 Å². The molecule has 0 aliphatic carbocycles. The molecule has 5 nitrogen and oxygen atoms in total. The van der Waals surface area contributed by atoms with Gasteiger partial charge < -0.3 is 24.4 Å². The molecule has 4 unspecified atom stereocenters. The maximum Gasteiger partial charge on any atom is 0.213 e. The van der Waals surface area contributed by atoms with Crippen molar-refractivity contribution >= 4 is 13.2 Å². The van der Waals surface area contributed by atoms with Crippen LogP contribution in [0.25, 0.3) is 0 Å². The SMILES string of the molecule is [2H]OC1OCP(c2ccccc2)C(c2cc(OC)c(O)c(OC)c2)C1[2H]. The summed E-state index contributed by atoms with van der Waals surface area (Å²) in [6, 6.07) is 13.3. The van der Waals surface area contributed by atoms with E-state index >= 15 is 0 Å². The van der Waals surface area contributed by atoms with Gasteiger partial charge in [0.15, 0.2) is 17.8 Å². The van der Waals surface area contributed by atoms with Gasteiger partial charge in [-0.15, -0.1) is 0 Å². The molecule has 1 saturated heterocycles. The van der Waals surface area contributed by atoms with Crippen molar-refractivity contribution in [3.05, 3.63) is 48.0 Å². The molecule has 0 aromatic heterocycles. The molecule has 0 amide bonds. The van der Waals surface area contributed by atoms with E-state index < -0.39 is 20.6 Å². The van der Waals surface area contributed by atoms with Gasteiger partial charge in [0.05, 0.1) is 20.6 Å². The van der Waals surface area contributed by atoms with Crippen molar-refractivity contribution in [2.24, 2.45) is 0 Å². The van der Waals surface area contributed by atoms with E-state index in [2.05, 4.69) is 5.11 Å². The zero-order chi connectivity index (χ0) is 18.7. The van der Waals surface area contributed by atoms with E-state index in [0.29, 0.717) is 6.35 Å². The summed E-state index contributed by atoms with van der Waals surface area (Å²) < 4.78 is 32.0. The maximum atomic E-state index is 10.2. The fourth-order valence-electron chi connectivity index (χ4n) is 2.77. The Labute approximate surface area is 145 Å². The summed E-state index contributed by atoms with van der Waals surface area (Å²) in [7, 11) is 2.05. The average Bonchev–Trinajstić information content (AvgIpc) is 2.68. The monoisotopic (exact) mass is 350 g/mol. The van der Waals surface area contributed by atoms with E-state index in [1.165, 1.54) is 14.2 Å². The lowest BCUT2D eigenvalue weighted by atomic mass is 10.1. The Morgan fingerprint density at radius 1 is 1.21 bits per heavy atom. The van der Waals surface area contributed by atoms with Crippen LogP contribution >= 0.6 is 7.92 Å². The molecule has 2 aromatic rings. The summed E-state index contributed by atoms with van der Waals surface area (Å²) in [5.74, 6) is 0.485. The molecule has 0 spiro atoms. The van der Waals surface area contributed by atoms with Crippen molar-refractivity contribution in [1.29, 1.82) is 1.43 Å². The number of aromatic hydroxyl groups is 1. The minimum atomic E-state index is -0.937. The highest BCUT2D eigenvalue weighted by Gasteiger charge is 2.33. The molecule has 4 atom stereocenters. The molecule has 0 radical (unpaired) electrons. The zero-order valence-corrected chi connectivity index (χ0v) is 14.4. The first-order valence-corrected chi connectivity index (χ1v) is 9.12. The Hall–Kier alpha value is -1.81. The molecular formula is C18H21O5P. The fourth-order valence-corrected chi connectivity index (χ4v) is 5.12. The predicted molar refractivity (Wildman–Crippen MR) is 93.5 cm³/mol. The zero-order valence-electron chi connectivity index (χ0n) is 15.5. The van der Waals surface area contributed by atoms with Crippen molar-refractivity contribution in [2.45, 2.75) is 18.3 Å². The van der Waals surface area contributed by atoms with Crippen LogP contribution in [0.2, 0.25) is 0 Å². The third-order valence-corrected chi connectivity index (χ3v) is 6.52. The van der Waals surface area contributed by atoms with Crippen LogP contribution in [0, 0.1) is 0 Å². The molecule has 1 aliphatic rings. The van der Waals surface area contributed by atoms with Gasteiger partial charge in [-0.1, -0.05) is 30.3 Å². The van der Waals surface area contributed by atoms with Gasteiger partial charge in [-0.05, 0) is 30.9 Å². The summed E-state index contributed by atoms with van der Waals surface area (Å²) in [6.07, 6.45) is -1.35. The van der Waals surface area contributed by atoms with E-state index in [9.17, 15) is 5.11 Å². The molecule has 0 bridgehead atoms. The van der Waals surface area contributed by atoms with Crippen LogP contribution in [0.1, 0.15) is 19.0 Å². The van der Waals surface area contributed by atoms with E-state index in [0.717, 1.165) is 10.9 Å². The molecule has 1 heterocycles. The first-order chi connectivity index (χ1) is 12.6. The van der Waals surface area contributed by atoms with Gasteiger partial charge in [-0.2, -0.15) is 0 Å². The molecular weight excluding hydrogens is 327 g/mol. The van der Waals surface area contributed by atoms with Crippen LogP contribution in [0.3, 0.4) is 0 Å². The minimum Gasteiger partial charge on any atom is -0.502 e. The van der Waals surface area contributed by atoms with Crippen molar-refractivity contribution in [1.82, 2.24) is 0 Å². The number of hydrogen-bond acceptors (Lipinski definition) is 5. The van der Waals surface area contributed by atoms with Gasteiger partial charge in [-0.3, -0.25) is 0 Å². The van der Waals surface area contributed by atoms with Crippen molar-refractivity contribution in [3.63, 3.8) is 0 Å². The van der Waals surface area contributed by atoms with E-state index in [1.54, 1.807) is 12.1 Å². The molecule has 6 heteroatoms. The number of ether oxygens (including phenoxy) is 3. The van der Waals surface area contributed by atoms with Crippen LogP contribution in [-0.2, 0) is 4.74 Å². The minimum absolute atomic E-state index is 0.0790. The largest absolute Gasteiger partial charge is 0.502 e. The first kappa shape index (κ1) is 14.5. The van der Waals surface area contributed by atoms with E-state index in [4.69, 9.17) is 17.0 Å². The molecule has 3 rings (SSSR count). The second-order valence-corrected chi connectivity index (χ2v) is 7.65. The van der Waals surface area contributed by atoms with E-state index in [1.807, 2.05) is 30.3 Å². The Bertz CT molecular complexity index is 721. The number of methoxy groups -OCH3 is 2. The summed E-state index contributed by atoms with van der Waals surface area (Å²) >= 11 is 0. The fraction of sp³-hybridized carbons (Fsp3) is 0.333.